The van der Waals surface area contributed by atoms with Crippen LogP contribution in [0.25, 0.3) is 11.3 Å². The summed E-state index contributed by atoms with van der Waals surface area (Å²) in [6, 6.07) is 10.6. The third-order valence-electron chi connectivity index (χ3n) is 5.15. The van der Waals surface area contributed by atoms with Crippen molar-refractivity contribution in [2.75, 3.05) is 13.1 Å². The highest BCUT2D eigenvalue weighted by atomic mass is 16.2. The highest BCUT2D eigenvalue weighted by molar-refractivity contribution is 5.94. The standard InChI is InChI=1S/C22H21N5O2/c23-21(28)16-5-1-4-15(12-16)19-20(26-10-9-25-19)18-7-3-11-27(14-18)22(29)17-6-2-8-24-13-17/h1-2,4-6,8-10,12-13,18H,3,7,11,14H2,(H2,23,28)/t18-/m1/s1. The minimum Gasteiger partial charge on any atom is -0.366 e. The van der Waals surface area contributed by atoms with Crippen LogP contribution in [0.5, 0.6) is 0 Å². The number of likely N-dealkylation sites (tertiary alicyclic amines) is 1. The van der Waals surface area contributed by atoms with E-state index < -0.39 is 5.91 Å². The first-order valence-corrected chi connectivity index (χ1v) is 9.54. The number of primary amides is 1. The highest BCUT2D eigenvalue weighted by Gasteiger charge is 2.28. The van der Waals surface area contributed by atoms with Crippen molar-refractivity contribution in [3.63, 3.8) is 0 Å². The predicted octanol–water partition coefficient (Wildman–Crippen LogP) is 2.66. The van der Waals surface area contributed by atoms with Gasteiger partial charge in [0, 0.05) is 54.9 Å². The molecule has 0 unspecified atom stereocenters. The summed E-state index contributed by atoms with van der Waals surface area (Å²) in [5.74, 6) is -0.447. The van der Waals surface area contributed by atoms with Crippen LogP contribution in [0, 0.1) is 0 Å². The van der Waals surface area contributed by atoms with E-state index in [2.05, 4.69) is 15.0 Å². The number of amides is 2. The SMILES string of the molecule is NC(=O)c1cccc(-c2nccnc2[C@@H]2CCCN(C(=O)c3cccnc3)C2)c1. The molecule has 0 radical (unpaired) electrons. The van der Waals surface area contributed by atoms with Crippen molar-refractivity contribution in [3.8, 4) is 11.3 Å². The molecule has 2 N–H and O–H groups in total. The highest BCUT2D eigenvalue weighted by Crippen LogP contribution is 2.32. The van der Waals surface area contributed by atoms with Crippen molar-refractivity contribution < 1.29 is 9.59 Å². The topological polar surface area (TPSA) is 102 Å². The molecule has 1 fully saturated rings. The van der Waals surface area contributed by atoms with Crippen LogP contribution in [0.15, 0.2) is 61.2 Å². The summed E-state index contributed by atoms with van der Waals surface area (Å²) < 4.78 is 0. The van der Waals surface area contributed by atoms with Gasteiger partial charge in [0.15, 0.2) is 0 Å². The zero-order valence-corrected chi connectivity index (χ0v) is 15.9. The minimum absolute atomic E-state index is 0.0241. The number of pyridine rings is 1. The Morgan fingerprint density at radius 2 is 1.86 bits per heavy atom. The van der Waals surface area contributed by atoms with E-state index in [1.165, 1.54) is 0 Å². The van der Waals surface area contributed by atoms with Crippen molar-refractivity contribution in [1.82, 2.24) is 19.9 Å². The van der Waals surface area contributed by atoms with Crippen LogP contribution >= 0.6 is 0 Å². The molecule has 1 atom stereocenters. The van der Waals surface area contributed by atoms with Gasteiger partial charge in [-0.05, 0) is 37.1 Å². The summed E-state index contributed by atoms with van der Waals surface area (Å²) in [6.07, 6.45) is 8.35. The number of rotatable bonds is 4. The Balaban J connectivity index is 1.63. The molecule has 2 aromatic heterocycles. The van der Waals surface area contributed by atoms with E-state index >= 15 is 0 Å². The number of nitrogens with two attached hydrogens (primary N) is 1. The first-order valence-electron chi connectivity index (χ1n) is 9.54. The van der Waals surface area contributed by atoms with Crippen molar-refractivity contribution in [1.29, 1.82) is 0 Å². The summed E-state index contributed by atoms with van der Waals surface area (Å²) in [4.78, 5) is 39.4. The summed E-state index contributed by atoms with van der Waals surface area (Å²) >= 11 is 0. The van der Waals surface area contributed by atoms with Gasteiger partial charge in [0.05, 0.1) is 17.0 Å². The van der Waals surface area contributed by atoms with Crippen LogP contribution in [0.4, 0.5) is 0 Å². The number of piperidine rings is 1. The van der Waals surface area contributed by atoms with Gasteiger partial charge in [-0.15, -0.1) is 0 Å². The van der Waals surface area contributed by atoms with Gasteiger partial charge in [-0.25, -0.2) is 0 Å². The minimum atomic E-state index is -0.483. The molecule has 0 bridgehead atoms. The van der Waals surface area contributed by atoms with E-state index in [1.54, 1.807) is 55.1 Å². The van der Waals surface area contributed by atoms with Crippen LogP contribution in [0.2, 0.25) is 0 Å². The first-order chi connectivity index (χ1) is 14.1. The number of hydrogen-bond acceptors (Lipinski definition) is 5. The van der Waals surface area contributed by atoms with Crippen LogP contribution < -0.4 is 5.73 Å². The van der Waals surface area contributed by atoms with E-state index in [4.69, 9.17) is 5.73 Å². The fourth-order valence-electron chi connectivity index (χ4n) is 3.75. The molecule has 146 valence electrons. The number of nitrogens with zero attached hydrogens (tertiary/aromatic N) is 4. The molecule has 7 heteroatoms. The Labute approximate surface area is 168 Å². The fraction of sp³-hybridized carbons (Fsp3) is 0.227. The Kier molecular flexibility index (Phi) is 5.29. The van der Waals surface area contributed by atoms with E-state index in [9.17, 15) is 9.59 Å². The number of hydrogen-bond donors (Lipinski definition) is 1. The molecule has 1 aliphatic heterocycles. The second kappa shape index (κ2) is 8.18. The van der Waals surface area contributed by atoms with E-state index in [-0.39, 0.29) is 11.8 Å². The van der Waals surface area contributed by atoms with Gasteiger partial charge >= 0.3 is 0 Å². The zero-order chi connectivity index (χ0) is 20.2. The molecule has 1 saturated heterocycles. The second-order valence-electron chi connectivity index (χ2n) is 7.07. The Morgan fingerprint density at radius 1 is 1.03 bits per heavy atom. The smallest absolute Gasteiger partial charge is 0.255 e. The number of aromatic nitrogens is 3. The molecular weight excluding hydrogens is 366 g/mol. The van der Waals surface area contributed by atoms with E-state index in [1.807, 2.05) is 11.0 Å². The molecule has 3 heterocycles. The van der Waals surface area contributed by atoms with Crippen LogP contribution in [-0.4, -0.2) is 44.8 Å². The molecule has 29 heavy (non-hydrogen) atoms. The number of carbonyl (C=O) groups is 2. The molecular formula is C22H21N5O2. The fourth-order valence-corrected chi connectivity index (χ4v) is 3.75. The number of benzene rings is 1. The Morgan fingerprint density at radius 3 is 2.66 bits per heavy atom. The van der Waals surface area contributed by atoms with Gasteiger partial charge in [-0.1, -0.05) is 12.1 Å². The van der Waals surface area contributed by atoms with Gasteiger partial charge in [-0.2, -0.15) is 0 Å². The van der Waals surface area contributed by atoms with Crippen LogP contribution in [-0.2, 0) is 0 Å². The maximum atomic E-state index is 12.8. The average Bonchev–Trinajstić information content (AvgIpc) is 2.79. The van der Waals surface area contributed by atoms with Crippen LogP contribution in [0.3, 0.4) is 0 Å². The molecule has 0 aliphatic carbocycles. The molecule has 7 nitrogen and oxygen atoms in total. The lowest BCUT2D eigenvalue weighted by atomic mass is 9.91. The lowest BCUT2D eigenvalue weighted by Gasteiger charge is -2.33. The molecule has 1 aromatic carbocycles. The lowest BCUT2D eigenvalue weighted by molar-refractivity contribution is 0.0705. The molecule has 0 spiro atoms. The Bertz CT molecular complexity index is 1040. The molecule has 2 amide bonds. The van der Waals surface area contributed by atoms with Gasteiger partial charge in [0.2, 0.25) is 5.91 Å². The van der Waals surface area contributed by atoms with Gasteiger partial charge < -0.3 is 10.6 Å². The zero-order valence-electron chi connectivity index (χ0n) is 15.9. The summed E-state index contributed by atoms with van der Waals surface area (Å²) in [5, 5.41) is 0. The van der Waals surface area contributed by atoms with Gasteiger partial charge in [0.25, 0.3) is 5.91 Å². The maximum absolute atomic E-state index is 12.8. The Hall–Kier alpha value is -3.61. The molecule has 0 saturated carbocycles. The average molecular weight is 387 g/mol. The van der Waals surface area contributed by atoms with Crippen molar-refractivity contribution >= 4 is 11.8 Å². The summed E-state index contributed by atoms with van der Waals surface area (Å²) in [6.45, 7) is 1.27. The van der Waals surface area contributed by atoms with Gasteiger partial charge in [-0.3, -0.25) is 24.5 Å². The largest absolute Gasteiger partial charge is 0.366 e. The second-order valence-corrected chi connectivity index (χ2v) is 7.07. The van der Waals surface area contributed by atoms with E-state index in [0.29, 0.717) is 24.2 Å². The third-order valence-corrected chi connectivity index (χ3v) is 5.15. The van der Waals surface area contributed by atoms with E-state index in [0.717, 1.165) is 29.8 Å². The molecule has 1 aliphatic rings. The normalized spacial score (nSPS) is 16.4. The van der Waals surface area contributed by atoms with Crippen molar-refractivity contribution in [2.45, 2.75) is 18.8 Å². The first kappa shape index (κ1) is 18.7. The number of carbonyl (C=O) groups excluding carboxylic acids is 2. The van der Waals surface area contributed by atoms with Crippen molar-refractivity contribution in [2.24, 2.45) is 5.73 Å². The lowest BCUT2D eigenvalue weighted by Crippen LogP contribution is -2.39. The molecule has 3 aromatic rings. The van der Waals surface area contributed by atoms with Gasteiger partial charge in [0.1, 0.15) is 0 Å². The summed E-state index contributed by atoms with van der Waals surface area (Å²) in [7, 11) is 0. The quantitative estimate of drug-likeness (QED) is 0.741. The van der Waals surface area contributed by atoms with Crippen molar-refractivity contribution in [3.05, 3.63) is 78.0 Å². The molecule has 4 rings (SSSR count). The summed E-state index contributed by atoms with van der Waals surface area (Å²) in [5.41, 5.74) is 8.78. The third kappa shape index (κ3) is 3.99. The monoisotopic (exact) mass is 387 g/mol. The maximum Gasteiger partial charge on any atom is 0.255 e. The predicted molar refractivity (Wildman–Crippen MR) is 108 cm³/mol. The van der Waals surface area contributed by atoms with Crippen LogP contribution in [0.1, 0.15) is 45.2 Å².